The molecule has 0 bridgehead atoms. The maximum atomic E-state index is 12.7. The van der Waals surface area contributed by atoms with Crippen LogP contribution >= 0.6 is 0 Å². The van der Waals surface area contributed by atoms with Crippen molar-refractivity contribution in [2.24, 2.45) is 10.8 Å². The second-order valence-electron chi connectivity index (χ2n) is 7.43. The smallest absolute Gasteiger partial charge is 0.144 e. The van der Waals surface area contributed by atoms with Crippen molar-refractivity contribution in [1.29, 1.82) is 0 Å². The molecule has 1 aliphatic carbocycles. The highest BCUT2D eigenvalue weighted by Gasteiger charge is 2.37. The van der Waals surface area contributed by atoms with Gasteiger partial charge in [0.15, 0.2) is 0 Å². The van der Waals surface area contributed by atoms with Crippen LogP contribution in [0.3, 0.4) is 0 Å². The minimum Gasteiger partial charge on any atom is -0.299 e. The first-order chi connectivity index (χ1) is 8.36. The van der Waals surface area contributed by atoms with Crippen LogP contribution in [-0.4, -0.2) is 5.78 Å². The molecule has 1 fully saturated rings. The number of ketones is 1. The highest BCUT2D eigenvalue weighted by Crippen LogP contribution is 2.37. The Morgan fingerprint density at radius 3 is 1.22 bits per heavy atom. The molecule has 0 N–H and O–H groups in total. The van der Waals surface area contributed by atoms with Gasteiger partial charge in [-0.05, 0) is 12.8 Å². The van der Waals surface area contributed by atoms with Crippen molar-refractivity contribution in [1.82, 2.24) is 0 Å². The van der Waals surface area contributed by atoms with Gasteiger partial charge < -0.3 is 0 Å². The molecule has 18 heavy (non-hydrogen) atoms. The molecule has 1 saturated carbocycles. The number of rotatable bonds is 0. The fourth-order valence-electron chi connectivity index (χ4n) is 3.34. The molecule has 1 nitrogen and oxygen atoms in total. The van der Waals surface area contributed by atoms with Gasteiger partial charge in [0, 0.05) is 10.8 Å². The Morgan fingerprint density at radius 1 is 0.611 bits per heavy atom. The van der Waals surface area contributed by atoms with E-state index in [1.807, 2.05) is 0 Å². The van der Waals surface area contributed by atoms with Gasteiger partial charge in [-0.15, -0.1) is 0 Å². The monoisotopic (exact) mass is 252 g/mol. The highest BCUT2D eigenvalue weighted by atomic mass is 16.1. The average Bonchev–Trinajstić information content (AvgIpc) is 2.30. The van der Waals surface area contributed by atoms with Crippen LogP contribution in [-0.2, 0) is 4.79 Å². The van der Waals surface area contributed by atoms with Gasteiger partial charge in [0.05, 0.1) is 0 Å². The third kappa shape index (κ3) is 4.74. The first-order valence-corrected chi connectivity index (χ1v) is 7.91. The van der Waals surface area contributed by atoms with Crippen molar-refractivity contribution in [3.63, 3.8) is 0 Å². The summed E-state index contributed by atoms with van der Waals surface area (Å²) in [6.07, 6.45) is 12.7. The Kier molecular flexibility index (Phi) is 5.88. The largest absolute Gasteiger partial charge is 0.299 e. The van der Waals surface area contributed by atoms with E-state index in [9.17, 15) is 4.79 Å². The summed E-state index contributed by atoms with van der Waals surface area (Å²) < 4.78 is 0. The number of carbonyl (C=O) groups is 1. The van der Waals surface area contributed by atoms with Crippen LogP contribution in [0.4, 0.5) is 0 Å². The summed E-state index contributed by atoms with van der Waals surface area (Å²) in [5.41, 5.74) is -0.255. The molecule has 0 radical (unpaired) electrons. The van der Waals surface area contributed by atoms with E-state index in [-0.39, 0.29) is 10.8 Å². The average molecular weight is 252 g/mol. The summed E-state index contributed by atoms with van der Waals surface area (Å²) in [7, 11) is 0. The van der Waals surface area contributed by atoms with Crippen LogP contribution in [0.25, 0.3) is 0 Å². The van der Waals surface area contributed by atoms with E-state index in [1.165, 1.54) is 51.4 Å². The van der Waals surface area contributed by atoms with Crippen LogP contribution < -0.4 is 0 Å². The highest BCUT2D eigenvalue weighted by molar-refractivity contribution is 5.89. The van der Waals surface area contributed by atoms with E-state index >= 15 is 0 Å². The molecule has 0 aromatic carbocycles. The van der Waals surface area contributed by atoms with E-state index in [2.05, 4.69) is 27.7 Å². The van der Waals surface area contributed by atoms with Crippen LogP contribution in [0.15, 0.2) is 0 Å². The topological polar surface area (TPSA) is 17.1 Å². The van der Waals surface area contributed by atoms with Gasteiger partial charge in [0.2, 0.25) is 0 Å². The predicted octanol–water partition coefficient (Wildman–Crippen LogP) is 5.52. The summed E-state index contributed by atoms with van der Waals surface area (Å²) in [5.74, 6) is 0.481. The van der Waals surface area contributed by atoms with Gasteiger partial charge in [-0.1, -0.05) is 79.1 Å². The molecule has 0 aliphatic heterocycles. The fourth-order valence-corrected chi connectivity index (χ4v) is 3.34. The molecule has 0 spiro atoms. The molecule has 0 amide bonds. The number of hydrogen-bond acceptors (Lipinski definition) is 1. The van der Waals surface area contributed by atoms with Crippen LogP contribution in [0.2, 0.25) is 0 Å². The van der Waals surface area contributed by atoms with Gasteiger partial charge in [0.1, 0.15) is 5.78 Å². The second kappa shape index (κ2) is 6.73. The summed E-state index contributed by atoms with van der Waals surface area (Å²) in [6, 6.07) is 0. The third-order valence-electron chi connectivity index (χ3n) is 4.58. The maximum Gasteiger partial charge on any atom is 0.144 e. The molecule has 0 aromatic heterocycles. The van der Waals surface area contributed by atoms with Crippen LogP contribution in [0.5, 0.6) is 0 Å². The minimum atomic E-state index is -0.127. The summed E-state index contributed by atoms with van der Waals surface area (Å²) in [4.78, 5) is 12.7. The molecular formula is C17H32O. The van der Waals surface area contributed by atoms with Crippen molar-refractivity contribution in [2.75, 3.05) is 0 Å². The van der Waals surface area contributed by atoms with Gasteiger partial charge in [-0.25, -0.2) is 0 Å². The molecule has 1 rings (SSSR count). The lowest BCUT2D eigenvalue weighted by atomic mass is 9.69. The van der Waals surface area contributed by atoms with Gasteiger partial charge >= 0.3 is 0 Å². The fraction of sp³-hybridized carbons (Fsp3) is 0.941. The molecule has 0 unspecified atom stereocenters. The van der Waals surface area contributed by atoms with E-state index < -0.39 is 0 Å². The van der Waals surface area contributed by atoms with E-state index in [4.69, 9.17) is 0 Å². The van der Waals surface area contributed by atoms with Gasteiger partial charge in [0.25, 0.3) is 0 Å². The zero-order chi connectivity index (χ0) is 13.6. The van der Waals surface area contributed by atoms with Crippen molar-refractivity contribution in [3.8, 4) is 0 Å². The van der Waals surface area contributed by atoms with Crippen molar-refractivity contribution in [2.45, 2.75) is 91.9 Å². The standard InChI is InChI=1S/C17H32O/c1-16(2)13-11-9-7-5-6-8-10-12-14-17(3,4)15(16)18/h5-14H2,1-4H3. The van der Waals surface area contributed by atoms with Crippen LogP contribution in [0, 0.1) is 10.8 Å². The third-order valence-corrected chi connectivity index (χ3v) is 4.58. The lowest BCUT2D eigenvalue weighted by Gasteiger charge is -2.33. The van der Waals surface area contributed by atoms with E-state index in [0.717, 1.165) is 12.8 Å². The van der Waals surface area contributed by atoms with Crippen molar-refractivity contribution >= 4 is 5.78 Å². The molecule has 0 aromatic rings. The first-order valence-electron chi connectivity index (χ1n) is 7.91. The normalized spacial score (nSPS) is 26.8. The zero-order valence-electron chi connectivity index (χ0n) is 13.0. The molecule has 0 heterocycles. The number of carbonyl (C=O) groups excluding carboxylic acids is 1. The lowest BCUT2D eigenvalue weighted by Crippen LogP contribution is -2.36. The molecule has 1 heteroatoms. The Balaban J connectivity index is 2.68. The Bertz CT molecular complexity index is 237. The van der Waals surface area contributed by atoms with E-state index in [0.29, 0.717) is 5.78 Å². The molecule has 0 atom stereocenters. The number of hydrogen-bond donors (Lipinski definition) is 0. The summed E-state index contributed by atoms with van der Waals surface area (Å²) in [6.45, 7) is 8.60. The second-order valence-corrected chi connectivity index (χ2v) is 7.43. The lowest BCUT2D eigenvalue weighted by molar-refractivity contribution is -0.136. The quantitative estimate of drug-likeness (QED) is 0.554. The van der Waals surface area contributed by atoms with Gasteiger partial charge in [-0.3, -0.25) is 4.79 Å². The molecule has 106 valence electrons. The maximum absolute atomic E-state index is 12.7. The summed E-state index contributed by atoms with van der Waals surface area (Å²) >= 11 is 0. The Hall–Kier alpha value is -0.330. The van der Waals surface area contributed by atoms with Gasteiger partial charge in [-0.2, -0.15) is 0 Å². The molecular weight excluding hydrogens is 220 g/mol. The molecule has 1 aliphatic rings. The van der Waals surface area contributed by atoms with Crippen molar-refractivity contribution in [3.05, 3.63) is 0 Å². The summed E-state index contributed by atoms with van der Waals surface area (Å²) in [5, 5.41) is 0. The predicted molar refractivity (Wildman–Crippen MR) is 78.7 cm³/mol. The van der Waals surface area contributed by atoms with Crippen LogP contribution in [0.1, 0.15) is 91.9 Å². The first kappa shape index (κ1) is 15.7. The zero-order valence-corrected chi connectivity index (χ0v) is 13.0. The minimum absolute atomic E-state index is 0.127. The SMILES string of the molecule is CC1(C)CCCCCCCCCCC(C)(C)C1=O. The Morgan fingerprint density at radius 2 is 0.889 bits per heavy atom. The molecule has 0 saturated heterocycles. The van der Waals surface area contributed by atoms with Crippen molar-refractivity contribution < 1.29 is 4.79 Å². The number of Topliss-reactive ketones (excluding diaryl/α,β-unsaturated/α-hetero) is 1. The van der Waals surface area contributed by atoms with E-state index in [1.54, 1.807) is 0 Å². The Labute approximate surface area is 114 Å².